The molecule has 2 fully saturated rings. The number of benzene rings is 1. The summed E-state index contributed by atoms with van der Waals surface area (Å²) in [7, 11) is 0. The minimum absolute atomic E-state index is 0.0439. The zero-order valence-electron chi connectivity index (χ0n) is 15.7. The zero-order chi connectivity index (χ0) is 18.5. The van der Waals surface area contributed by atoms with E-state index in [2.05, 4.69) is 30.4 Å². The molecular formula is C20H29N3O2S. The third kappa shape index (κ3) is 4.34. The van der Waals surface area contributed by atoms with Crippen LogP contribution >= 0.6 is 11.8 Å². The van der Waals surface area contributed by atoms with Crippen LogP contribution in [0.5, 0.6) is 0 Å². The molecule has 2 aliphatic heterocycles. The fourth-order valence-corrected chi connectivity index (χ4v) is 4.82. The first-order valence-electron chi connectivity index (χ1n) is 9.57. The van der Waals surface area contributed by atoms with E-state index in [-0.39, 0.29) is 23.9 Å². The van der Waals surface area contributed by atoms with E-state index < -0.39 is 0 Å². The van der Waals surface area contributed by atoms with Gasteiger partial charge in [-0.15, -0.1) is 0 Å². The van der Waals surface area contributed by atoms with Crippen LogP contribution in [0.3, 0.4) is 0 Å². The van der Waals surface area contributed by atoms with Crippen LogP contribution in [-0.2, 0) is 4.79 Å². The maximum atomic E-state index is 12.9. The molecule has 1 aromatic rings. The lowest BCUT2D eigenvalue weighted by molar-refractivity contribution is -0.137. The van der Waals surface area contributed by atoms with Crippen molar-refractivity contribution in [2.45, 2.75) is 32.7 Å². The maximum absolute atomic E-state index is 12.9. The van der Waals surface area contributed by atoms with Crippen molar-refractivity contribution in [3.8, 4) is 0 Å². The second kappa shape index (κ2) is 8.80. The normalized spacial score (nSPS) is 23.6. The van der Waals surface area contributed by atoms with Crippen molar-refractivity contribution in [3.05, 3.63) is 35.4 Å². The fraction of sp³-hybridized carbons (Fsp3) is 0.600. The van der Waals surface area contributed by atoms with Crippen LogP contribution in [0.15, 0.2) is 24.3 Å². The molecule has 0 spiro atoms. The Hall–Kier alpha value is -1.69. The van der Waals surface area contributed by atoms with Gasteiger partial charge in [-0.05, 0) is 32.3 Å². The number of likely N-dealkylation sites (tertiary alicyclic amines) is 1. The largest absolute Gasteiger partial charge is 0.341 e. The van der Waals surface area contributed by atoms with Gasteiger partial charge in [0.1, 0.15) is 0 Å². The average Bonchev–Trinajstić information content (AvgIpc) is 2.68. The molecule has 5 nitrogen and oxygen atoms in total. The third-order valence-electron chi connectivity index (χ3n) is 5.27. The van der Waals surface area contributed by atoms with Gasteiger partial charge in [0.15, 0.2) is 0 Å². The van der Waals surface area contributed by atoms with Crippen LogP contribution in [0.25, 0.3) is 0 Å². The number of piperidine rings is 1. The highest BCUT2D eigenvalue weighted by Crippen LogP contribution is 2.34. The number of nitrogens with one attached hydrogen (secondary N) is 1. The Morgan fingerprint density at radius 2 is 2.00 bits per heavy atom. The van der Waals surface area contributed by atoms with E-state index in [0.717, 1.165) is 43.0 Å². The predicted molar refractivity (Wildman–Crippen MR) is 106 cm³/mol. The van der Waals surface area contributed by atoms with Gasteiger partial charge in [-0.25, -0.2) is 4.79 Å². The molecule has 0 radical (unpaired) electrons. The first-order chi connectivity index (χ1) is 12.6. The molecule has 1 N–H and O–H groups in total. The van der Waals surface area contributed by atoms with Crippen molar-refractivity contribution in [2.75, 3.05) is 37.7 Å². The van der Waals surface area contributed by atoms with Crippen molar-refractivity contribution < 1.29 is 9.59 Å². The fourth-order valence-electron chi connectivity index (χ4n) is 3.92. The topological polar surface area (TPSA) is 52.7 Å². The van der Waals surface area contributed by atoms with Gasteiger partial charge < -0.3 is 15.1 Å². The summed E-state index contributed by atoms with van der Waals surface area (Å²) in [5.74, 6) is 2.18. The molecule has 0 unspecified atom stereocenters. The minimum Gasteiger partial charge on any atom is -0.341 e. The molecule has 142 valence electrons. The van der Waals surface area contributed by atoms with Crippen LogP contribution in [0.4, 0.5) is 4.79 Å². The lowest BCUT2D eigenvalue weighted by Gasteiger charge is -2.41. The van der Waals surface area contributed by atoms with Gasteiger partial charge in [0.2, 0.25) is 5.91 Å². The van der Waals surface area contributed by atoms with Crippen molar-refractivity contribution in [2.24, 2.45) is 5.92 Å². The Kier molecular flexibility index (Phi) is 6.46. The van der Waals surface area contributed by atoms with Crippen LogP contribution in [-0.4, -0.2) is 59.4 Å². The van der Waals surface area contributed by atoms with Crippen molar-refractivity contribution in [3.63, 3.8) is 0 Å². The number of carbonyl (C=O) groups excluding carboxylic acids is 2. The van der Waals surface area contributed by atoms with E-state index in [1.807, 2.05) is 34.6 Å². The van der Waals surface area contributed by atoms with Crippen LogP contribution in [0.1, 0.15) is 36.9 Å². The van der Waals surface area contributed by atoms with Crippen LogP contribution < -0.4 is 5.32 Å². The Morgan fingerprint density at radius 3 is 2.69 bits per heavy atom. The molecule has 26 heavy (non-hydrogen) atoms. The molecule has 1 aromatic carbocycles. The Labute approximate surface area is 160 Å². The molecule has 3 amide bonds. The second-order valence-corrected chi connectivity index (χ2v) is 8.35. The monoisotopic (exact) mass is 375 g/mol. The lowest BCUT2D eigenvalue weighted by atomic mass is 9.88. The van der Waals surface area contributed by atoms with Crippen molar-refractivity contribution in [1.82, 2.24) is 15.1 Å². The van der Waals surface area contributed by atoms with Gasteiger partial charge in [0.05, 0.1) is 12.0 Å². The Bertz CT molecular complexity index is 646. The molecule has 0 saturated carbocycles. The zero-order valence-corrected chi connectivity index (χ0v) is 16.6. The molecule has 0 aromatic heterocycles. The van der Waals surface area contributed by atoms with Gasteiger partial charge in [-0.3, -0.25) is 4.79 Å². The van der Waals surface area contributed by atoms with E-state index in [0.29, 0.717) is 13.1 Å². The van der Waals surface area contributed by atoms with Crippen molar-refractivity contribution >= 4 is 23.7 Å². The smallest absolute Gasteiger partial charge is 0.317 e. The standard InChI is InChI=1S/C20H29N3O2S/c1-3-21-20(25)23-14-17(19(24)22-9-11-26-12-10-22)7-8-18(23)16-6-4-5-15(2)13-16/h4-6,13,17-18H,3,7-12,14H2,1-2H3,(H,21,25)/t17-,18-/m1/s1. The molecule has 0 aliphatic carbocycles. The number of urea groups is 1. The van der Waals surface area contributed by atoms with Crippen LogP contribution in [0.2, 0.25) is 0 Å². The summed E-state index contributed by atoms with van der Waals surface area (Å²) in [5, 5.41) is 2.93. The number of carbonyl (C=O) groups is 2. The number of thioether (sulfide) groups is 1. The molecule has 3 rings (SSSR count). The summed E-state index contributed by atoms with van der Waals surface area (Å²) in [4.78, 5) is 29.5. The Morgan fingerprint density at radius 1 is 1.23 bits per heavy atom. The number of amides is 3. The van der Waals surface area contributed by atoms with Gasteiger partial charge >= 0.3 is 6.03 Å². The molecular weight excluding hydrogens is 346 g/mol. The lowest BCUT2D eigenvalue weighted by Crippen LogP contribution is -2.51. The van der Waals surface area contributed by atoms with Gasteiger partial charge in [0.25, 0.3) is 0 Å². The summed E-state index contributed by atoms with van der Waals surface area (Å²) >= 11 is 1.91. The van der Waals surface area contributed by atoms with Crippen LogP contribution in [0, 0.1) is 12.8 Å². The highest BCUT2D eigenvalue weighted by molar-refractivity contribution is 7.99. The number of hydrogen-bond donors (Lipinski definition) is 1. The SMILES string of the molecule is CCNC(=O)N1C[C@H](C(=O)N2CCSCC2)CC[C@@H]1c1cccc(C)c1. The van der Waals surface area contributed by atoms with Gasteiger partial charge in [-0.2, -0.15) is 11.8 Å². The van der Waals surface area contributed by atoms with Gasteiger partial charge in [0, 0.05) is 37.7 Å². The van der Waals surface area contributed by atoms with E-state index in [4.69, 9.17) is 0 Å². The summed E-state index contributed by atoms with van der Waals surface area (Å²) in [6.07, 6.45) is 1.68. The number of rotatable bonds is 3. The third-order valence-corrected chi connectivity index (χ3v) is 6.21. The van der Waals surface area contributed by atoms with Crippen molar-refractivity contribution in [1.29, 1.82) is 0 Å². The van der Waals surface area contributed by atoms with E-state index in [1.54, 1.807) is 0 Å². The highest BCUT2D eigenvalue weighted by Gasteiger charge is 2.37. The quantitative estimate of drug-likeness (QED) is 0.883. The van der Waals surface area contributed by atoms with Gasteiger partial charge in [-0.1, -0.05) is 29.8 Å². The molecule has 2 heterocycles. The highest BCUT2D eigenvalue weighted by atomic mass is 32.2. The minimum atomic E-state index is -0.0817. The average molecular weight is 376 g/mol. The first-order valence-corrected chi connectivity index (χ1v) is 10.7. The molecule has 2 saturated heterocycles. The Balaban J connectivity index is 1.76. The first kappa shape index (κ1) is 19.1. The second-order valence-electron chi connectivity index (χ2n) is 7.13. The maximum Gasteiger partial charge on any atom is 0.317 e. The summed E-state index contributed by atoms with van der Waals surface area (Å²) < 4.78 is 0. The molecule has 0 bridgehead atoms. The summed E-state index contributed by atoms with van der Waals surface area (Å²) in [5.41, 5.74) is 2.36. The summed E-state index contributed by atoms with van der Waals surface area (Å²) in [6.45, 7) is 6.77. The summed E-state index contributed by atoms with van der Waals surface area (Å²) in [6, 6.07) is 8.34. The predicted octanol–water partition coefficient (Wildman–Crippen LogP) is 3.05. The number of nitrogens with zero attached hydrogens (tertiary/aromatic N) is 2. The molecule has 6 heteroatoms. The molecule has 2 aliphatic rings. The van der Waals surface area contributed by atoms with E-state index in [1.165, 1.54) is 5.56 Å². The number of aryl methyl sites for hydroxylation is 1. The van der Waals surface area contributed by atoms with E-state index in [9.17, 15) is 9.59 Å². The number of hydrogen-bond acceptors (Lipinski definition) is 3. The molecule has 2 atom stereocenters. The van der Waals surface area contributed by atoms with E-state index >= 15 is 0 Å².